The SMILES string of the molecule is O=C1CCCC2=C1C(c1ccc(Cl)c(Cl)c1)c1c(nc(SCc3ccccc3F)[nH]c1=O)N2. The normalized spacial score (nSPS) is 17.4. The van der Waals surface area contributed by atoms with Crippen LogP contribution >= 0.6 is 35.0 Å². The third kappa shape index (κ3) is 4.21. The van der Waals surface area contributed by atoms with Crippen LogP contribution in [0.25, 0.3) is 0 Å². The monoisotopic (exact) mass is 501 g/mol. The number of ketones is 1. The molecule has 0 saturated carbocycles. The number of anilines is 1. The number of carbonyl (C=O) groups excluding carboxylic acids is 1. The molecule has 33 heavy (non-hydrogen) atoms. The van der Waals surface area contributed by atoms with Crippen molar-refractivity contribution in [1.29, 1.82) is 0 Å². The molecule has 0 fully saturated rings. The lowest BCUT2D eigenvalue weighted by Gasteiger charge is -2.32. The Hall–Kier alpha value is -2.61. The second-order valence-electron chi connectivity index (χ2n) is 7.91. The third-order valence-corrected chi connectivity index (χ3v) is 7.50. The van der Waals surface area contributed by atoms with E-state index in [9.17, 15) is 14.0 Å². The molecule has 0 amide bonds. The fraction of sp³-hybridized carbons (Fsp3) is 0.208. The van der Waals surface area contributed by atoms with E-state index in [4.69, 9.17) is 23.2 Å². The van der Waals surface area contributed by atoms with Crippen LogP contribution in [-0.4, -0.2) is 15.8 Å². The summed E-state index contributed by atoms with van der Waals surface area (Å²) in [5, 5.41) is 4.34. The highest BCUT2D eigenvalue weighted by Gasteiger charge is 2.38. The highest BCUT2D eigenvalue weighted by atomic mass is 35.5. The molecule has 1 aromatic heterocycles. The Balaban J connectivity index is 1.58. The number of thioether (sulfide) groups is 1. The lowest BCUT2D eigenvalue weighted by atomic mass is 9.76. The van der Waals surface area contributed by atoms with Crippen molar-refractivity contribution >= 4 is 46.6 Å². The van der Waals surface area contributed by atoms with Crippen LogP contribution in [0.1, 0.15) is 41.9 Å². The number of aromatic amines is 1. The van der Waals surface area contributed by atoms with Gasteiger partial charge < -0.3 is 10.3 Å². The minimum atomic E-state index is -0.597. The summed E-state index contributed by atoms with van der Waals surface area (Å²) in [4.78, 5) is 33.6. The molecule has 3 aromatic rings. The standard InChI is InChI=1S/C24H18Cl2FN3O2S/c25-14-9-8-12(10-15(14)26)19-20-17(6-3-7-18(20)31)28-22-21(19)23(32)30-24(29-22)33-11-13-4-1-2-5-16(13)27/h1-2,4-5,8-10,19H,3,6-7,11H2,(H2,28,29,30,32). The molecular weight excluding hydrogens is 484 g/mol. The number of carbonyl (C=O) groups is 1. The lowest BCUT2D eigenvalue weighted by Crippen LogP contribution is -2.32. The maximum Gasteiger partial charge on any atom is 0.257 e. The number of hydrogen-bond donors (Lipinski definition) is 2. The van der Waals surface area contributed by atoms with Crippen LogP contribution < -0.4 is 10.9 Å². The molecule has 2 aromatic carbocycles. The average Bonchev–Trinajstić information content (AvgIpc) is 2.79. The summed E-state index contributed by atoms with van der Waals surface area (Å²) in [5.74, 6) is -0.182. The smallest absolute Gasteiger partial charge is 0.257 e. The molecular formula is C24H18Cl2FN3O2S. The van der Waals surface area contributed by atoms with Crippen molar-refractivity contribution in [3.8, 4) is 0 Å². The quantitative estimate of drug-likeness (QED) is 0.335. The maximum atomic E-state index is 14.0. The van der Waals surface area contributed by atoms with Crippen molar-refractivity contribution in [3.63, 3.8) is 0 Å². The first-order chi connectivity index (χ1) is 15.9. The molecule has 1 unspecified atom stereocenters. The van der Waals surface area contributed by atoms with Crippen LogP contribution in [0.2, 0.25) is 10.0 Å². The van der Waals surface area contributed by atoms with Crippen molar-refractivity contribution in [1.82, 2.24) is 9.97 Å². The van der Waals surface area contributed by atoms with Crippen molar-refractivity contribution in [2.75, 3.05) is 5.32 Å². The fourth-order valence-corrected chi connectivity index (χ4v) is 5.45. The highest BCUT2D eigenvalue weighted by molar-refractivity contribution is 7.98. The molecule has 1 aliphatic heterocycles. The third-order valence-electron chi connectivity index (χ3n) is 5.84. The molecule has 0 bridgehead atoms. The minimum absolute atomic E-state index is 0.00266. The largest absolute Gasteiger partial charge is 0.343 e. The first-order valence-electron chi connectivity index (χ1n) is 10.4. The Kier molecular flexibility index (Phi) is 6.03. The molecule has 0 saturated heterocycles. The fourth-order valence-electron chi connectivity index (χ4n) is 4.30. The molecule has 0 radical (unpaired) electrons. The molecule has 1 atom stereocenters. The van der Waals surface area contributed by atoms with Gasteiger partial charge in [-0.3, -0.25) is 9.59 Å². The van der Waals surface area contributed by atoms with Crippen LogP contribution in [0.5, 0.6) is 0 Å². The van der Waals surface area contributed by atoms with E-state index < -0.39 is 5.92 Å². The number of nitrogens with one attached hydrogen (secondary N) is 2. The van der Waals surface area contributed by atoms with Gasteiger partial charge in [0.25, 0.3) is 5.56 Å². The zero-order chi connectivity index (χ0) is 23.1. The van der Waals surface area contributed by atoms with E-state index in [-0.39, 0.29) is 17.2 Å². The number of nitrogens with zero attached hydrogens (tertiary/aromatic N) is 1. The van der Waals surface area contributed by atoms with E-state index in [2.05, 4.69) is 15.3 Å². The second-order valence-corrected chi connectivity index (χ2v) is 9.69. The topological polar surface area (TPSA) is 74.8 Å². The van der Waals surface area contributed by atoms with E-state index in [1.165, 1.54) is 17.8 Å². The number of aromatic nitrogens is 2. The lowest BCUT2D eigenvalue weighted by molar-refractivity contribution is -0.116. The second kappa shape index (κ2) is 8.97. The molecule has 2 N–H and O–H groups in total. The number of halogens is 3. The van der Waals surface area contributed by atoms with Gasteiger partial charge in [0.05, 0.1) is 15.6 Å². The van der Waals surface area contributed by atoms with Gasteiger partial charge in [-0.25, -0.2) is 9.37 Å². The Morgan fingerprint density at radius 1 is 1.09 bits per heavy atom. The number of benzene rings is 2. The van der Waals surface area contributed by atoms with Crippen molar-refractivity contribution < 1.29 is 9.18 Å². The first-order valence-corrected chi connectivity index (χ1v) is 12.1. The van der Waals surface area contributed by atoms with Crippen LogP contribution in [0, 0.1) is 5.82 Å². The summed E-state index contributed by atoms with van der Waals surface area (Å²) in [5.41, 5.74) is 2.58. The minimum Gasteiger partial charge on any atom is -0.343 e. The average molecular weight is 502 g/mol. The summed E-state index contributed by atoms with van der Waals surface area (Å²) in [6, 6.07) is 11.6. The van der Waals surface area contributed by atoms with Crippen LogP contribution in [0.15, 0.2) is 63.7 Å². The van der Waals surface area contributed by atoms with E-state index in [1.54, 1.807) is 36.4 Å². The van der Waals surface area contributed by atoms with E-state index in [0.29, 0.717) is 61.9 Å². The van der Waals surface area contributed by atoms with Gasteiger partial charge in [0, 0.05) is 29.4 Å². The molecule has 2 heterocycles. The molecule has 2 aliphatic rings. The van der Waals surface area contributed by atoms with Gasteiger partial charge in [0.2, 0.25) is 0 Å². The first kappa shape index (κ1) is 22.2. The number of Topliss-reactive ketones (excluding diaryl/α,β-unsaturated/α-hetero) is 1. The molecule has 5 rings (SSSR count). The maximum absolute atomic E-state index is 14.0. The number of rotatable bonds is 4. The molecule has 0 spiro atoms. The van der Waals surface area contributed by atoms with E-state index >= 15 is 0 Å². The zero-order valence-electron chi connectivity index (χ0n) is 17.3. The molecule has 5 nitrogen and oxygen atoms in total. The predicted molar refractivity (Wildman–Crippen MR) is 129 cm³/mol. The summed E-state index contributed by atoms with van der Waals surface area (Å²) in [6.45, 7) is 0. The summed E-state index contributed by atoms with van der Waals surface area (Å²) < 4.78 is 14.0. The Morgan fingerprint density at radius 2 is 1.91 bits per heavy atom. The van der Waals surface area contributed by atoms with Crippen molar-refractivity contribution in [2.24, 2.45) is 0 Å². The zero-order valence-corrected chi connectivity index (χ0v) is 19.6. The Morgan fingerprint density at radius 3 is 2.70 bits per heavy atom. The number of fused-ring (bicyclic) bond motifs is 1. The van der Waals surface area contributed by atoms with Gasteiger partial charge in [-0.05, 0) is 42.2 Å². The van der Waals surface area contributed by atoms with Crippen LogP contribution in [0.3, 0.4) is 0 Å². The Labute approximate surface area is 203 Å². The van der Waals surface area contributed by atoms with Gasteiger partial charge in [0.15, 0.2) is 10.9 Å². The van der Waals surface area contributed by atoms with Crippen molar-refractivity contribution in [2.45, 2.75) is 36.1 Å². The van der Waals surface area contributed by atoms with Crippen LogP contribution in [-0.2, 0) is 10.5 Å². The number of H-pyrrole nitrogens is 1. The van der Waals surface area contributed by atoms with Gasteiger partial charge >= 0.3 is 0 Å². The van der Waals surface area contributed by atoms with Gasteiger partial charge in [-0.1, -0.05) is 59.2 Å². The summed E-state index contributed by atoms with van der Waals surface area (Å²) in [6.07, 6.45) is 1.84. The highest BCUT2D eigenvalue weighted by Crippen LogP contribution is 2.44. The predicted octanol–water partition coefficient (Wildman–Crippen LogP) is 6.07. The molecule has 168 valence electrons. The van der Waals surface area contributed by atoms with Crippen LogP contribution in [0.4, 0.5) is 10.2 Å². The number of hydrogen-bond acceptors (Lipinski definition) is 5. The van der Waals surface area contributed by atoms with E-state index in [0.717, 1.165) is 12.1 Å². The van der Waals surface area contributed by atoms with Gasteiger partial charge in [0.1, 0.15) is 11.6 Å². The Bertz CT molecular complexity index is 1370. The molecule has 1 aliphatic carbocycles. The molecule has 9 heteroatoms. The van der Waals surface area contributed by atoms with Gasteiger partial charge in [-0.2, -0.15) is 0 Å². The summed E-state index contributed by atoms with van der Waals surface area (Å²) in [7, 11) is 0. The summed E-state index contributed by atoms with van der Waals surface area (Å²) >= 11 is 13.6. The van der Waals surface area contributed by atoms with Gasteiger partial charge in [-0.15, -0.1) is 0 Å². The van der Waals surface area contributed by atoms with E-state index in [1.807, 2.05) is 0 Å². The van der Waals surface area contributed by atoms with Crippen molar-refractivity contribution in [3.05, 3.63) is 96.6 Å². The number of allylic oxidation sites excluding steroid dienone is 2.